The summed E-state index contributed by atoms with van der Waals surface area (Å²) in [5.41, 5.74) is 5.22. The van der Waals surface area contributed by atoms with Gasteiger partial charge in [-0.25, -0.2) is 0 Å². The average Bonchev–Trinajstić information content (AvgIpc) is 2.08. The molecule has 0 bridgehead atoms. The maximum Gasteiger partial charge on any atom is 1.00 e. The van der Waals surface area contributed by atoms with Crippen molar-refractivity contribution in [2.24, 2.45) is 0 Å². The molecule has 0 aliphatic rings. The SMILES string of the molecule is Cc1cc(C(=O)[O-])c(C(=O)[O-])cc1N.[K+].[K+]. The van der Waals surface area contributed by atoms with Crippen molar-refractivity contribution in [2.75, 3.05) is 5.73 Å². The Kier molecular flexibility index (Phi) is 10.2. The zero-order valence-electron chi connectivity index (χ0n) is 9.37. The van der Waals surface area contributed by atoms with Crippen LogP contribution >= 0.6 is 0 Å². The normalized spacial score (nSPS) is 8.56. The summed E-state index contributed by atoms with van der Waals surface area (Å²) < 4.78 is 0. The summed E-state index contributed by atoms with van der Waals surface area (Å²) in [4.78, 5) is 21.1. The van der Waals surface area contributed by atoms with E-state index in [0.717, 1.165) is 12.1 Å². The van der Waals surface area contributed by atoms with Crippen LogP contribution in [0.2, 0.25) is 0 Å². The third kappa shape index (κ3) is 4.85. The van der Waals surface area contributed by atoms with Crippen molar-refractivity contribution in [3.8, 4) is 0 Å². The molecule has 0 unspecified atom stereocenters. The molecule has 0 aliphatic carbocycles. The molecule has 0 saturated carbocycles. The fourth-order valence-electron chi connectivity index (χ4n) is 1.06. The molecule has 0 spiro atoms. The summed E-state index contributed by atoms with van der Waals surface area (Å²) in [6, 6.07) is 2.20. The molecule has 74 valence electrons. The van der Waals surface area contributed by atoms with Crippen molar-refractivity contribution in [1.29, 1.82) is 0 Å². The molecule has 0 aliphatic heterocycles. The van der Waals surface area contributed by atoms with Crippen molar-refractivity contribution in [2.45, 2.75) is 6.92 Å². The number of carbonyl (C=O) groups is 2. The van der Waals surface area contributed by atoms with E-state index in [1.165, 1.54) is 0 Å². The van der Waals surface area contributed by atoms with E-state index in [4.69, 9.17) is 5.73 Å². The van der Waals surface area contributed by atoms with Crippen LogP contribution < -0.4 is 119 Å². The first-order valence-corrected chi connectivity index (χ1v) is 3.76. The number of carbonyl (C=O) groups excluding carboxylic acids is 2. The van der Waals surface area contributed by atoms with Crippen molar-refractivity contribution in [3.05, 3.63) is 28.8 Å². The third-order valence-corrected chi connectivity index (χ3v) is 1.85. The second kappa shape index (κ2) is 8.35. The molecule has 16 heavy (non-hydrogen) atoms. The van der Waals surface area contributed by atoms with Crippen LogP contribution in [-0.2, 0) is 0 Å². The number of aryl methyl sites for hydroxylation is 1. The van der Waals surface area contributed by atoms with Gasteiger partial charge in [0.1, 0.15) is 0 Å². The van der Waals surface area contributed by atoms with Gasteiger partial charge in [0.2, 0.25) is 0 Å². The molecule has 0 radical (unpaired) electrons. The summed E-state index contributed by atoms with van der Waals surface area (Å²) in [5.74, 6) is -3.15. The van der Waals surface area contributed by atoms with E-state index >= 15 is 0 Å². The minimum absolute atomic E-state index is 0. The van der Waals surface area contributed by atoms with Crippen LogP contribution in [0.3, 0.4) is 0 Å². The quantitative estimate of drug-likeness (QED) is 0.425. The number of aromatic carboxylic acids is 2. The van der Waals surface area contributed by atoms with Gasteiger partial charge in [-0.05, 0) is 24.6 Å². The molecule has 1 aromatic carbocycles. The number of rotatable bonds is 2. The smallest absolute Gasteiger partial charge is 0.545 e. The Morgan fingerprint density at radius 3 is 1.81 bits per heavy atom. The Morgan fingerprint density at radius 2 is 1.44 bits per heavy atom. The minimum atomic E-state index is -1.59. The van der Waals surface area contributed by atoms with E-state index in [2.05, 4.69) is 0 Å². The Labute approximate surface area is 178 Å². The van der Waals surface area contributed by atoms with Crippen LogP contribution in [0, 0.1) is 6.92 Å². The number of nitrogens with two attached hydrogens (primary N) is 1. The van der Waals surface area contributed by atoms with E-state index < -0.39 is 23.1 Å². The predicted molar refractivity (Wildman–Crippen MR) is 44.3 cm³/mol. The van der Waals surface area contributed by atoms with E-state index in [-0.39, 0.29) is 108 Å². The molecule has 0 aromatic heterocycles. The number of hydrogen-bond acceptors (Lipinski definition) is 5. The number of anilines is 1. The predicted octanol–water partition coefficient (Wildman–Crippen LogP) is -7.69. The van der Waals surface area contributed by atoms with Gasteiger partial charge in [-0.3, -0.25) is 0 Å². The molecule has 0 atom stereocenters. The van der Waals surface area contributed by atoms with Gasteiger partial charge in [-0.15, -0.1) is 0 Å². The molecule has 2 N–H and O–H groups in total. The first kappa shape index (κ1) is 19.6. The Morgan fingerprint density at radius 1 is 1.06 bits per heavy atom. The maximum absolute atomic E-state index is 10.5. The van der Waals surface area contributed by atoms with Gasteiger partial charge in [-0.1, -0.05) is 0 Å². The zero-order chi connectivity index (χ0) is 10.9. The zero-order valence-corrected chi connectivity index (χ0v) is 15.6. The van der Waals surface area contributed by atoms with Gasteiger partial charge in [0.25, 0.3) is 0 Å². The molecule has 7 heteroatoms. The molecule has 1 rings (SSSR count). The number of hydrogen-bond donors (Lipinski definition) is 1. The summed E-state index contributed by atoms with van der Waals surface area (Å²) in [6.45, 7) is 1.57. The van der Waals surface area contributed by atoms with Crippen molar-refractivity contribution < 1.29 is 123 Å². The first-order valence-electron chi connectivity index (χ1n) is 3.76. The molecule has 5 nitrogen and oxygen atoms in total. The first-order chi connectivity index (χ1) is 6.43. The average molecular weight is 271 g/mol. The van der Waals surface area contributed by atoms with E-state index in [1.807, 2.05) is 0 Å². The topological polar surface area (TPSA) is 106 Å². The van der Waals surface area contributed by atoms with Gasteiger partial charge >= 0.3 is 103 Å². The summed E-state index contributed by atoms with van der Waals surface area (Å²) in [6.07, 6.45) is 0. The molecule has 0 saturated heterocycles. The Bertz CT molecular complexity index is 381. The molecule has 1 aromatic rings. The number of nitrogen functional groups attached to an aromatic ring is 1. The van der Waals surface area contributed by atoms with Crippen molar-refractivity contribution in [3.63, 3.8) is 0 Å². The van der Waals surface area contributed by atoms with Gasteiger partial charge in [-0.2, -0.15) is 0 Å². The standard InChI is InChI=1S/C9H9NO4.2K/c1-4-2-5(8(11)12)6(9(13)14)3-7(4)10;;/h2-3H,10H2,1H3,(H,11,12)(H,13,14);;/q;2*+1/p-2. The van der Waals surface area contributed by atoms with Crippen LogP contribution in [0.25, 0.3) is 0 Å². The summed E-state index contributed by atoms with van der Waals surface area (Å²) >= 11 is 0. The van der Waals surface area contributed by atoms with Crippen LogP contribution in [0.4, 0.5) is 5.69 Å². The molecular weight excluding hydrogens is 264 g/mol. The third-order valence-electron chi connectivity index (χ3n) is 1.85. The van der Waals surface area contributed by atoms with Gasteiger partial charge in [0, 0.05) is 16.8 Å². The van der Waals surface area contributed by atoms with Crippen molar-refractivity contribution >= 4 is 17.6 Å². The minimum Gasteiger partial charge on any atom is -0.545 e. The van der Waals surface area contributed by atoms with Crippen LogP contribution in [-0.4, -0.2) is 11.9 Å². The maximum atomic E-state index is 10.5. The summed E-state index contributed by atoms with van der Waals surface area (Å²) in [7, 11) is 0. The molecule has 0 fully saturated rings. The molecule has 0 heterocycles. The van der Waals surface area contributed by atoms with Gasteiger partial charge in [0.05, 0.1) is 11.9 Å². The number of carboxylic acids is 2. The van der Waals surface area contributed by atoms with Gasteiger partial charge < -0.3 is 25.5 Å². The number of carboxylic acid groups (broad SMARTS) is 2. The second-order valence-corrected chi connectivity index (χ2v) is 2.83. The van der Waals surface area contributed by atoms with E-state index in [1.54, 1.807) is 6.92 Å². The largest absolute Gasteiger partial charge is 1.00 e. The van der Waals surface area contributed by atoms with Crippen molar-refractivity contribution in [1.82, 2.24) is 0 Å². The molecule has 0 amide bonds. The fraction of sp³-hybridized carbons (Fsp3) is 0.111. The van der Waals surface area contributed by atoms with E-state index in [9.17, 15) is 19.8 Å². The fourth-order valence-corrected chi connectivity index (χ4v) is 1.06. The summed E-state index contributed by atoms with van der Waals surface area (Å²) in [5, 5.41) is 21.1. The Balaban J connectivity index is 0. The van der Waals surface area contributed by atoms with Gasteiger partial charge in [0.15, 0.2) is 0 Å². The number of benzene rings is 1. The Hall–Kier alpha value is 1.23. The monoisotopic (exact) mass is 271 g/mol. The van der Waals surface area contributed by atoms with Crippen LogP contribution in [0.5, 0.6) is 0 Å². The van der Waals surface area contributed by atoms with Crippen LogP contribution in [0.1, 0.15) is 26.3 Å². The van der Waals surface area contributed by atoms with Crippen LogP contribution in [0.15, 0.2) is 12.1 Å². The second-order valence-electron chi connectivity index (χ2n) is 2.83. The van der Waals surface area contributed by atoms with E-state index in [0.29, 0.717) is 5.56 Å². The molecular formula is C9H7K2NO4.